The normalized spacial score (nSPS) is 27.5. The number of hydrogen-bond donors (Lipinski definition) is 1. The summed E-state index contributed by atoms with van der Waals surface area (Å²) in [6, 6.07) is 8.84. The minimum atomic E-state index is -0.159. The lowest BCUT2D eigenvalue weighted by Crippen LogP contribution is -2.46. The largest absolute Gasteiger partial charge is 0.373 e. The Hall–Kier alpha value is -0.860. The van der Waals surface area contributed by atoms with Gasteiger partial charge >= 0.3 is 0 Å². The van der Waals surface area contributed by atoms with Crippen molar-refractivity contribution in [1.82, 2.24) is 0 Å². The van der Waals surface area contributed by atoms with Crippen molar-refractivity contribution in [2.45, 2.75) is 70.9 Å². The van der Waals surface area contributed by atoms with Gasteiger partial charge in [-0.15, -0.1) is 0 Å². The molecule has 0 amide bonds. The smallest absolute Gasteiger partial charge is 0.0874 e. The van der Waals surface area contributed by atoms with Crippen LogP contribution in [0, 0.1) is 5.92 Å². The van der Waals surface area contributed by atoms with E-state index in [1.807, 2.05) is 0 Å². The molecule has 118 valence electrons. The van der Waals surface area contributed by atoms with Crippen molar-refractivity contribution < 1.29 is 4.74 Å². The lowest BCUT2D eigenvalue weighted by atomic mass is 9.73. The molecule has 1 unspecified atom stereocenters. The molecule has 1 aliphatic rings. The van der Waals surface area contributed by atoms with Gasteiger partial charge in [-0.25, -0.2) is 0 Å². The Morgan fingerprint density at radius 3 is 2.33 bits per heavy atom. The van der Waals surface area contributed by atoms with Crippen molar-refractivity contribution in [2.24, 2.45) is 11.7 Å². The third kappa shape index (κ3) is 3.87. The second kappa shape index (κ2) is 7.42. The van der Waals surface area contributed by atoms with Crippen LogP contribution in [0.4, 0.5) is 0 Å². The van der Waals surface area contributed by atoms with Crippen molar-refractivity contribution in [3.05, 3.63) is 35.4 Å². The summed E-state index contributed by atoms with van der Waals surface area (Å²) in [4.78, 5) is 0. The van der Waals surface area contributed by atoms with E-state index in [2.05, 4.69) is 45.0 Å². The van der Waals surface area contributed by atoms with Crippen LogP contribution in [-0.2, 0) is 11.2 Å². The van der Waals surface area contributed by atoms with Crippen LogP contribution in [0.15, 0.2) is 24.3 Å². The van der Waals surface area contributed by atoms with Gasteiger partial charge in [-0.05, 0) is 56.1 Å². The van der Waals surface area contributed by atoms with Crippen LogP contribution in [0.25, 0.3) is 0 Å². The van der Waals surface area contributed by atoms with E-state index in [1.165, 1.54) is 30.4 Å². The van der Waals surface area contributed by atoms with Crippen LogP contribution in [0.2, 0.25) is 0 Å². The van der Waals surface area contributed by atoms with E-state index in [0.717, 1.165) is 31.8 Å². The van der Waals surface area contributed by atoms with Crippen LogP contribution in [0.5, 0.6) is 0 Å². The summed E-state index contributed by atoms with van der Waals surface area (Å²) in [7, 11) is 0. The van der Waals surface area contributed by atoms with Gasteiger partial charge in [0.2, 0.25) is 0 Å². The first kappa shape index (κ1) is 16.5. The molecule has 0 saturated heterocycles. The Kier molecular flexibility index (Phi) is 5.83. The third-order valence-electron chi connectivity index (χ3n) is 5.00. The van der Waals surface area contributed by atoms with Crippen molar-refractivity contribution >= 4 is 0 Å². The molecule has 2 rings (SSSR count). The molecule has 21 heavy (non-hydrogen) atoms. The average molecular weight is 289 g/mol. The van der Waals surface area contributed by atoms with Crippen LogP contribution in [0.3, 0.4) is 0 Å². The van der Waals surface area contributed by atoms with Crippen molar-refractivity contribution in [2.75, 3.05) is 6.61 Å². The van der Waals surface area contributed by atoms with Gasteiger partial charge in [0.25, 0.3) is 0 Å². The van der Waals surface area contributed by atoms with Gasteiger partial charge in [0.1, 0.15) is 0 Å². The van der Waals surface area contributed by atoms with Gasteiger partial charge in [0.05, 0.1) is 11.6 Å². The molecule has 2 nitrogen and oxygen atoms in total. The highest BCUT2D eigenvalue weighted by molar-refractivity contribution is 5.27. The van der Waals surface area contributed by atoms with E-state index in [9.17, 15) is 0 Å². The number of benzene rings is 1. The fourth-order valence-electron chi connectivity index (χ4n) is 3.57. The summed E-state index contributed by atoms with van der Waals surface area (Å²) >= 11 is 0. The number of aryl methyl sites for hydroxylation is 1. The van der Waals surface area contributed by atoms with Gasteiger partial charge < -0.3 is 10.5 Å². The lowest BCUT2D eigenvalue weighted by molar-refractivity contribution is -0.0896. The first-order valence-corrected chi connectivity index (χ1v) is 8.59. The number of rotatable bonds is 6. The van der Waals surface area contributed by atoms with Crippen molar-refractivity contribution in [3.8, 4) is 0 Å². The van der Waals surface area contributed by atoms with Gasteiger partial charge in [-0.2, -0.15) is 0 Å². The van der Waals surface area contributed by atoms with E-state index in [1.54, 1.807) is 0 Å². The summed E-state index contributed by atoms with van der Waals surface area (Å²) in [5, 5.41) is 0. The maximum atomic E-state index is 6.64. The van der Waals surface area contributed by atoms with Gasteiger partial charge in [0.15, 0.2) is 0 Å². The van der Waals surface area contributed by atoms with Crippen LogP contribution >= 0.6 is 0 Å². The average Bonchev–Trinajstić information content (AvgIpc) is 2.50. The minimum Gasteiger partial charge on any atom is -0.373 e. The summed E-state index contributed by atoms with van der Waals surface area (Å²) < 4.78 is 6.19. The molecule has 1 saturated carbocycles. The first-order valence-electron chi connectivity index (χ1n) is 8.59. The molecule has 1 atom stereocenters. The molecular formula is C19H31NO. The number of hydrogen-bond acceptors (Lipinski definition) is 2. The molecule has 2 heteroatoms. The fraction of sp³-hybridized carbons (Fsp3) is 0.684. The molecule has 0 spiro atoms. The topological polar surface area (TPSA) is 35.2 Å². The summed E-state index contributed by atoms with van der Waals surface area (Å²) in [5.41, 5.74) is 9.10. The Balaban J connectivity index is 2.15. The molecule has 1 fully saturated rings. The predicted molar refractivity (Wildman–Crippen MR) is 89.4 cm³/mol. The Morgan fingerprint density at radius 2 is 1.81 bits per heavy atom. The summed E-state index contributed by atoms with van der Waals surface area (Å²) in [5.74, 6) is 0.803. The second-order valence-corrected chi connectivity index (χ2v) is 6.65. The Bertz CT molecular complexity index is 418. The molecule has 2 N–H and O–H groups in total. The predicted octanol–water partition coefficient (Wildman–Crippen LogP) is 4.62. The van der Waals surface area contributed by atoms with Crippen molar-refractivity contribution in [1.29, 1.82) is 0 Å². The number of nitrogens with two attached hydrogens (primary N) is 1. The van der Waals surface area contributed by atoms with Gasteiger partial charge in [0, 0.05) is 6.61 Å². The van der Waals surface area contributed by atoms with Crippen LogP contribution in [0.1, 0.15) is 70.0 Å². The molecule has 0 aromatic heterocycles. The van der Waals surface area contributed by atoms with E-state index >= 15 is 0 Å². The molecule has 0 aliphatic heterocycles. The van der Waals surface area contributed by atoms with E-state index in [4.69, 9.17) is 10.5 Å². The highest BCUT2D eigenvalue weighted by Crippen LogP contribution is 2.42. The highest BCUT2D eigenvalue weighted by atomic mass is 16.5. The molecule has 1 aromatic carbocycles. The zero-order chi connectivity index (χ0) is 15.3. The molecule has 0 radical (unpaired) electrons. The molecular weight excluding hydrogens is 258 g/mol. The zero-order valence-electron chi connectivity index (χ0n) is 13.9. The zero-order valence-corrected chi connectivity index (χ0v) is 13.9. The first-order chi connectivity index (χ1) is 10.1. The maximum absolute atomic E-state index is 6.64. The summed E-state index contributed by atoms with van der Waals surface area (Å²) in [6.45, 7) is 7.38. The SMILES string of the molecule is CCCc1ccc(C(N)C2(OCC)CCC(C)CC2)cc1. The fourth-order valence-corrected chi connectivity index (χ4v) is 3.57. The summed E-state index contributed by atoms with van der Waals surface area (Å²) in [6.07, 6.45) is 6.94. The highest BCUT2D eigenvalue weighted by Gasteiger charge is 2.40. The van der Waals surface area contributed by atoms with E-state index in [0.29, 0.717) is 0 Å². The van der Waals surface area contributed by atoms with Gasteiger partial charge in [-0.1, -0.05) is 44.5 Å². The van der Waals surface area contributed by atoms with E-state index in [-0.39, 0.29) is 11.6 Å². The quantitative estimate of drug-likeness (QED) is 0.829. The van der Waals surface area contributed by atoms with E-state index < -0.39 is 0 Å². The number of ether oxygens (including phenoxy) is 1. The second-order valence-electron chi connectivity index (χ2n) is 6.65. The standard InChI is InChI=1S/C19H31NO/c1-4-6-16-7-9-17(10-8-16)18(20)19(21-5-2)13-11-15(3)12-14-19/h7-10,15,18H,4-6,11-14,20H2,1-3H3. The van der Waals surface area contributed by atoms with Crippen LogP contribution < -0.4 is 5.73 Å². The molecule has 0 bridgehead atoms. The Labute approximate surface area is 130 Å². The molecule has 1 aliphatic carbocycles. The van der Waals surface area contributed by atoms with Crippen molar-refractivity contribution in [3.63, 3.8) is 0 Å². The maximum Gasteiger partial charge on any atom is 0.0874 e. The minimum absolute atomic E-state index is 0.0133. The lowest BCUT2D eigenvalue weighted by Gasteiger charge is -2.43. The monoisotopic (exact) mass is 289 g/mol. The molecule has 1 aromatic rings. The molecule has 0 heterocycles. The Morgan fingerprint density at radius 1 is 1.19 bits per heavy atom. The third-order valence-corrected chi connectivity index (χ3v) is 5.00. The van der Waals surface area contributed by atoms with Gasteiger partial charge in [-0.3, -0.25) is 0 Å². The van der Waals surface area contributed by atoms with Crippen LogP contribution in [-0.4, -0.2) is 12.2 Å².